The number of halogens is 1. The van der Waals surface area contributed by atoms with Gasteiger partial charge in [-0.05, 0) is 30.3 Å². The van der Waals surface area contributed by atoms with E-state index in [4.69, 9.17) is 16.7 Å². The van der Waals surface area contributed by atoms with Crippen LogP contribution in [0, 0.1) is 0 Å². The number of carbonyl (C=O) groups is 4. The fourth-order valence-corrected chi connectivity index (χ4v) is 3.06. The third-order valence-corrected chi connectivity index (χ3v) is 4.54. The number of hydrogen-bond donors (Lipinski definition) is 3. The summed E-state index contributed by atoms with van der Waals surface area (Å²) in [5.74, 6) is -1.42. The molecule has 156 valence electrons. The highest BCUT2D eigenvalue weighted by Crippen LogP contribution is 2.25. The van der Waals surface area contributed by atoms with E-state index in [1.165, 1.54) is 30.3 Å². The van der Waals surface area contributed by atoms with Crippen molar-refractivity contribution in [3.8, 4) is 0 Å². The second-order valence-corrected chi connectivity index (χ2v) is 6.98. The van der Waals surface area contributed by atoms with Crippen LogP contribution in [0.3, 0.4) is 0 Å². The monoisotopic (exact) mass is 436 g/mol. The van der Waals surface area contributed by atoms with Gasteiger partial charge in [-0.3, -0.25) is 19.7 Å². The molecule has 0 saturated carbocycles. The van der Waals surface area contributed by atoms with Crippen LogP contribution in [-0.2, 0) is 4.79 Å². The molecule has 3 aromatic carbocycles. The second kappa shape index (κ2) is 9.69. The molecule has 0 fully saturated rings. The number of amides is 2. The van der Waals surface area contributed by atoms with E-state index in [0.717, 1.165) is 0 Å². The van der Waals surface area contributed by atoms with Gasteiger partial charge in [0.2, 0.25) is 5.91 Å². The van der Waals surface area contributed by atoms with Gasteiger partial charge >= 0.3 is 6.09 Å². The molecule has 0 aliphatic carbocycles. The summed E-state index contributed by atoms with van der Waals surface area (Å²) in [5.41, 5.74) is 1.10. The molecule has 0 aromatic heterocycles. The molecule has 2 amide bonds. The fraction of sp³-hybridized carbons (Fsp3) is 0.0435. The van der Waals surface area contributed by atoms with Gasteiger partial charge in [0.25, 0.3) is 0 Å². The van der Waals surface area contributed by atoms with Crippen LogP contribution < -0.4 is 10.6 Å². The van der Waals surface area contributed by atoms with Gasteiger partial charge in [-0.15, -0.1) is 0 Å². The molecule has 3 aromatic rings. The van der Waals surface area contributed by atoms with Crippen molar-refractivity contribution in [3.63, 3.8) is 0 Å². The molecule has 8 heteroatoms. The first-order valence-corrected chi connectivity index (χ1v) is 9.53. The maximum absolute atomic E-state index is 12.7. The number of carbonyl (C=O) groups excluding carboxylic acids is 3. The topological polar surface area (TPSA) is 113 Å². The van der Waals surface area contributed by atoms with Gasteiger partial charge in [0.1, 0.15) is 0 Å². The quantitative estimate of drug-likeness (QED) is 0.361. The molecule has 3 N–H and O–H groups in total. The first kappa shape index (κ1) is 21.7. The van der Waals surface area contributed by atoms with E-state index in [2.05, 4.69) is 10.6 Å². The number of ketones is 2. The number of benzene rings is 3. The van der Waals surface area contributed by atoms with Crippen LogP contribution in [0.25, 0.3) is 0 Å². The van der Waals surface area contributed by atoms with E-state index in [9.17, 15) is 19.2 Å². The third-order valence-electron chi connectivity index (χ3n) is 4.30. The largest absolute Gasteiger partial charge is 0.465 e. The fourth-order valence-electron chi connectivity index (χ4n) is 2.87. The molecule has 0 atom stereocenters. The number of anilines is 2. The zero-order valence-corrected chi connectivity index (χ0v) is 16.8. The summed E-state index contributed by atoms with van der Waals surface area (Å²) >= 11 is 5.87. The van der Waals surface area contributed by atoms with E-state index in [-0.39, 0.29) is 28.3 Å². The van der Waals surface area contributed by atoms with Crippen molar-refractivity contribution in [1.29, 1.82) is 0 Å². The lowest BCUT2D eigenvalue weighted by molar-refractivity contribution is -0.115. The summed E-state index contributed by atoms with van der Waals surface area (Å²) in [7, 11) is 0. The molecule has 31 heavy (non-hydrogen) atoms. The maximum Gasteiger partial charge on any atom is 0.409 e. The Balaban J connectivity index is 1.83. The number of hydrogen-bond acceptors (Lipinski definition) is 4. The summed E-state index contributed by atoms with van der Waals surface area (Å²) in [6.07, 6.45) is -1.82. The molecular weight excluding hydrogens is 420 g/mol. The number of Topliss-reactive ketones (excluding diaryl/α,β-unsaturated/α-hetero) is 1. The summed E-state index contributed by atoms with van der Waals surface area (Å²) in [5, 5.41) is 14.1. The molecule has 0 saturated heterocycles. The SMILES string of the molecule is O=C(O)Nc1ccc(C(=O)c2ccccc2)cc1NC(=O)CC(=O)c1cccc(Cl)c1. The van der Waals surface area contributed by atoms with Gasteiger partial charge in [-0.2, -0.15) is 0 Å². The normalized spacial score (nSPS) is 10.2. The maximum atomic E-state index is 12.7. The first-order valence-electron chi connectivity index (χ1n) is 9.16. The first-order chi connectivity index (χ1) is 14.8. The van der Waals surface area contributed by atoms with Crippen molar-refractivity contribution in [2.24, 2.45) is 0 Å². The van der Waals surface area contributed by atoms with Crippen molar-refractivity contribution in [2.75, 3.05) is 10.6 Å². The van der Waals surface area contributed by atoms with E-state index >= 15 is 0 Å². The van der Waals surface area contributed by atoms with Crippen LogP contribution >= 0.6 is 11.6 Å². The van der Waals surface area contributed by atoms with Gasteiger partial charge in [0.15, 0.2) is 11.6 Å². The molecule has 0 aliphatic heterocycles. The minimum atomic E-state index is -1.34. The molecule has 0 radical (unpaired) electrons. The number of rotatable bonds is 7. The minimum absolute atomic E-state index is 0.0630. The van der Waals surface area contributed by atoms with Crippen LogP contribution in [0.4, 0.5) is 16.2 Å². The highest BCUT2D eigenvalue weighted by molar-refractivity contribution is 6.31. The third kappa shape index (κ3) is 5.77. The van der Waals surface area contributed by atoms with Gasteiger partial charge in [0, 0.05) is 21.7 Å². The van der Waals surface area contributed by atoms with E-state index in [1.807, 2.05) is 0 Å². The molecule has 0 bridgehead atoms. The molecular formula is C23H17ClN2O5. The van der Waals surface area contributed by atoms with Crippen molar-refractivity contribution in [3.05, 3.63) is 94.5 Å². The summed E-state index contributed by atoms with van der Waals surface area (Å²) < 4.78 is 0. The molecule has 0 heterocycles. The van der Waals surface area contributed by atoms with Crippen LogP contribution in [0.15, 0.2) is 72.8 Å². The zero-order chi connectivity index (χ0) is 22.4. The minimum Gasteiger partial charge on any atom is -0.465 e. The van der Waals surface area contributed by atoms with Crippen molar-refractivity contribution < 1.29 is 24.3 Å². The standard InChI is InChI=1S/C23H17ClN2O5/c24-17-8-4-7-15(11-17)20(27)13-21(28)25-19-12-16(9-10-18(19)26-23(30)31)22(29)14-5-2-1-3-6-14/h1-12,26H,13H2,(H,25,28)(H,30,31). The Kier molecular flexibility index (Phi) is 6.79. The van der Waals surface area contributed by atoms with E-state index in [1.54, 1.807) is 42.5 Å². The van der Waals surface area contributed by atoms with Crippen LogP contribution in [0.5, 0.6) is 0 Å². The Morgan fingerprint density at radius 1 is 0.742 bits per heavy atom. The Morgan fingerprint density at radius 2 is 1.45 bits per heavy atom. The van der Waals surface area contributed by atoms with Crippen LogP contribution in [0.2, 0.25) is 5.02 Å². The Morgan fingerprint density at radius 3 is 2.13 bits per heavy atom. The highest BCUT2D eigenvalue weighted by atomic mass is 35.5. The molecule has 0 unspecified atom stereocenters. The van der Waals surface area contributed by atoms with Crippen molar-refractivity contribution in [2.45, 2.75) is 6.42 Å². The number of carboxylic acid groups (broad SMARTS) is 1. The van der Waals surface area contributed by atoms with Gasteiger partial charge < -0.3 is 10.4 Å². The Hall–Kier alpha value is -3.97. The summed E-state index contributed by atoms with van der Waals surface area (Å²) in [4.78, 5) is 48.6. The van der Waals surface area contributed by atoms with Gasteiger partial charge in [-0.25, -0.2) is 4.79 Å². The van der Waals surface area contributed by atoms with E-state index < -0.39 is 24.2 Å². The lowest BCUT2D eigenvalue weighted by Crippen LogP contribution is -2.19. The molecule has 3 rings (SSSR count). The average Bonchev–Trinajstić information content (AvgIpc) is 2.74. The predicted octanol–water partition coefficient (Wildman–Crippen LogP) is 4.87. The Bertz CT molecular complexity index is 1160. The predicted molar refractivity (Wildman–Crippen MR) is 117 cm³/mol. The lowest BCUT2D eigenvalue weighted by atomic mass is 10.0. The average molecular weight is 437 g/mol. The van der Waals surface area contributed by atoms with Gasteiger partial charge in [0.05, 0.1) is 17.8 Å². The zero-order valence-electron chi connectivity index (χ0n) is 16.1. The lowest BCUT2D eigenvalue weighted by Gasteiger charge is -2.13. The van der Waals surface area contributed by atoms with Crippen LogP contribution in [0.1, 0.15) is 32.7 Å². The molecule has 7 nitrogen and oxygen atoms in total. The summed E-state index contributed by atoms with van der Waals surface area (Å²) in [6, 6.07) is 18.9. The Labute approximate surface area is 182 Å². The molecule has 0 spiro atoms. The van der Waals surface area contributed by atoms with Crippen molar-refractivity contribution in [1.82, 2.24) is 0 Å². The second-order valence-electron chi connectivity index (χ2n) is 6.54. The van der Waals surface area contributed by atoms with Crippen molar-refractivity contribution >= 4 is 46.5 Å². The van der Waals surface area contributed by atoms with Gasteiger partial charge in [-0.1, -0.05) is 54.1 Å². The highest BCUT2D eigenvalue weighted by Gasteiger charge is 2.17. The van der Waals surface area contributed by atoms with Crippen LogP contribution in [-0.4, -0.2) is 28.7 Å². The molecule has 0 aliphatic rings. The number of nitrogens with one attached hydrogen (secondary N) is 2. The smallest absolute Gasteiger partial charge is 0.409 e. The summed E-state index contributed by atoms with van der Waals surface area (Å²) in [6.45, 7) is 0. The van der Waals surface area contributed by atoms with E-state index in [0.29, 0.717) is 10.6 Å².